The largest absolute Gasteiger partial charge is 0.385 e. The molecule has 98 valence electrons. The van der Waals surface area contributed by atoms with Crippen molar-refractivity contribution in [2.75, 3.05) is 19.6 Å². The van der Waals surface area contributed by atoms with E-state index in [9.17, 15) is 5.11 Å². The number of guanidine groups is 1. The molecule has 0 fully saturated rings. The van der Waals surface area contributed by atoms with Crippen LogP contribution in [0.2, 0.25) is 0 Å². The number of benzene rings is 1. The molecule has 1 aliphatic heterocycles. The van der Waals surface area contributed by atoms with Gasteiger partial charge in [-0.25, -0.2) is 0 Å². The summed E-state index contributed by atoms with van der Waals surface area (Å²) in [6.45, 7) is 4.40. The first kappa shape index (κ1) is 12.9. The van der Waals surface area contributed by atoms with Gasteiger partial charge >= 0.3 is 0 Å². The maximum absolute atomic E-state index is 10.4. The van der Waals surface area contributed by atoms with Gasteiger partial charge in [-0.05, 0) is 25.3 Å². The topological polar surface area (TPSA) is 56.6 Å². The van der Waals surface area contributed by atoms with Crippen LogP contribution in [0.1, 0.15) is 25.3 Å². The van der Waals surface area contributed by atoms with Gasteiger partial charge in [0.1, 0.15) is 0 Å². The molecule has 0 saturated heterocycles. The molecule has 1 aromatic carbocycles. The van der Waals surface area contributed by atoms with Crippen molar-refractivity contribution in [3.63, 3.8) is 0 Å². The minimum atomic E-state index is -0.802. The van der Waals surface area contributed by atoms with Crippen LogP contribution in [0.4, 0.5) is 0 Å². The lowest BCUT2D eigenvalue weighted by Gasteiger charge is -2.25. The summed E-state index contributed by atoms with van der Waals surface area (Å²) in [4.78, 5) is 4.33. The van der Waals surface area contributed by atoms with Crippen LogP contribution in [0.15, 0.2) is 35.3 Å². The molecule has 1 aliphatic rings. The van der Waals surface area contributed by atoms with E-state index in [2.05, 4.69) is 15.6 Å². The highest BCUT2D eigenvalue weighted by Crippen LogP contribution is 2.23. The number of hydrogen-bond acceptors (Lipinski definition) is 4. The summed E-state index contributed by atoms with van der Waals surface area (Å²) in [6.07, 6.45) is 1.74. The molecular formula is C14H21N3O. The van der Waals surface area contributed by atoms with E-state index in [1.54, 1.807) is 0 Å². The van der Waals surface area contributed by atoms with Crippen molar-refractivity contribution in [1.82, 2.24) is 10.6 Å². The van der Waals surface area contributed by atoms with E-state index in [0.29, 0.717) is 13.0 Å². The second-order valence-electron chi connectivity index (χ2n) is 4.83. The first-order valence-corrected chi connectivity index (χ1v) is 6.48. The van der Waals surface area contributed by atoms with Gasteiger partial charge in [-0.2, -0.15) is 0 Å². The smallest absolute Gasteiger partial charge is 0.191 e. The van der Waals surface area contributed by atoms with Crippen molar-refractivity contribution < 1.29 is 5.11 Å². The van der Waals surface area contributed by atoms with E-state index >= 15 is 0 Å². The Morgan fingerprint density at radius 1 is 1.39 bits per heavy atom. The Hall–Kier alpha value is -1.55. The van der Waals surface area contributed by atoms with E-state index < -0.39 is 5.60 Å². The molecule has 0 radical (unpaired) electrons. The Morgan fingerprint density at radius 3 is 2.83 bits per heavy atom. The third-order valence-corrected chi connectivity index (χ3v) is 3.20. The first-order valence-electron chi connectivity index (χ1n) is 6.48. The molecule has 3 N–H and O–H groups in total. The molecule has 0 amide bonds. The molecule has 0 spiro atoms. The molecule has 0 bridgehead atoms. The third-order valence-electron chi connectivity index (χ3n) is 3.20. The van der Waals surface area contributed by atoms with Crippen LogP contribution in [-0.2, 0) is 5.60 Å². The van der Waals surface area contributed by atoms with Crippen LogP contribution < -0.4 is 10.6 Å². The van der Waals surface area contributed by atoms with Crippen LogP contribution in [0, 0.1) is 0 Å². The Balaban J connectivity index is 1.84. The summed E-state index contributed by atoms with van der Waals surface area (Å²) in [5.74, 6) is 0.852. The van der Waals surface area contributed by atoms with Gasteiger partial charge in [0.25, 0.3) is 0 Å². The lowest BCUT2D eigenvalue weighted by atomic mass is 9.93. The molecule has 1 unspecified atom stereocenters. The monoisotopic (exact) mass is 247 g/mol. The molecule has 18 heavy (non-hydrogen) atoms. The maximum Gasteiger partial charge on any atom is 0.191 e. The fourth-order valence-corrected chi connectivity index (χ4v) is 2.02. The molecule has 0 aromatic heterocycles. The molecular weight excluding hydrogens is 226 g/mol. The first-order chi connectivity index (χ1) is 8.68. The minimum absolute atomic E-state index is 0.651. The number of nitrogens with one attached hydrogen (secondary N) is 2. The molecule has 0 aliphatic carbocycles. The third kappa shape index (κ3) is 3.47. The predicted molar refractivity (Wildman–Crippen MR) is 73.6 cm³/mol. The van der Waals surface area contributed by atoms with Gasteiger partial charge in [-0.15, -0.1) is 0 Å². The van der Waals surface area contributed by atoms with E-state index in [4.69, 9.17) is 0 Å². The van der Waals surface area contributed by atoms with Gasteiger partial charge in [-0.3, -0.25) is 4.99 Å². The van der Waals surface area contributed by atoms with E-state index in [1.165, 1.54) is 0 Å². The van der Waals surface area contributed by atoms with Crippen LogP contribution in [0.5, 0.6) is 0 Å². The molecule has 4 heteroatoms. The molecule has 1 atom stereocenters. The van der Waals surface area contributed by atoms with Gasteiger partial charge < -0.3 is 15.7 Å². The zero-order valence-electron chi connectivity index (χ0n) is 10.8. The average molecular weight is 247 g/mol. The highest BCUT2D eigenvalue weighted by Gasteiger charge is 2.22. The molecule has 2 rings (SSSR count). The normalized spacial score (nSPS) is 18.4. The lowest BCUT2D eigenvalue weighted by molar-refractivity contribution is 0.0492. The number of hydrogen-bond donors (Lipinski definition) is 3. The Bertz CT molecular complexity index is 401. The predicted octanol–water partition coefficient (Wildman–Crippen LogP) is 1.22. The van der Waals surface area contributed by atoms with Gasteiger partial charge in [0.2, 0.25) is 0 Å². The summed E-state index contributed by atoms with van der Waals surface area (Å²) >= 11 is 0. The van der Waals surface area contributed by atoms with Crippen molar-refractivity contribution in [3.05, 3.63) is 35.9 Å². The Morgan fingerprint density at radius 2 is 2.17 bits per heavy atom. The van der Waals surface area contributed by atoms with Gasteiger partial charge in [0.15, 0.2) is 5.96 Å². The molecule has 4 nitrogen and oxygen atoms in total. The van der Waals surface area contributed by atoms with Gasteiger partial charge in [0, 0.05) is 19.6 Å². The van der Waals surface area contributed by atoms with Crippen LogP contribution in [0.3, 0.4) is 0 Å². The zero-order valence-corrected chi connectivity index (χ0v) is 10.8. The second-order valence-corrected chi connectivity index (χ2v) is 4.83. The lowest BCUT2D eigenvalue weighted by Crippen LogP contribution is -2.42. The Labute approximate surface area is 108 Å². The highest BCUT2D eigenvalue weighted by molar-refractivity contribution is 5.80. The van der Waals surface area contributed by atoms with Crippen molar-refractivity contribution >= 4 is 5.96 Å². The highest BCUT2D eigenvalue weighted by atomic mass is 16.3. The van der Waals surface area contributed by atoms with Gasteiger partial charge in [0.05, 0.1) is 5.60 Å². The minimum Gasteiger partial charge on any atom is -0.385 e. The average Bonchev–Trinajstić information content (AvgIpc) is 2.41. The van der Waals surface area contributed by atoms with E-state index in [0.717, 1.165) is 31.0 Å². The van der Waals surface area contributed by atoms with Crippen molar-refractivity contribution in [2.24, 2.45) is 4.99 Å². The number of aliphatic hydroxyl groups is 1. The fourth-order valence-electron chi connectivity index (χ4n) is 2.02. The Kier molecular flexibility index (Phi) is 4.20. The zero-order chi connectivity index (χ0) is 12.8. The molecule has 1 heterocycles. The molecule has 0 saturated carbocycles. The fraction of sp³-hybridized carbons (Fsp3) is 0.500. The van der Waals surface area contributed by atoms with Crippen LogP contribution in [0.25, 0.3) is 0 Å². The van der Waals surface area contributed by atoms with Crippen molar-refractivity contribution in [3.8, 4) is 0 Å². The summed E-state index contributed by atoms with van der Waals surface area (Å²) in [6, 6.07) is 9.76. The quantitative estimate of drug-likeness (QED) is 0.750. The number of aliphatic imine (C=N–C) groups is 1. The summed E-state index contributed by atoms with van der Waals surface area (Å²) in [5, 5.41) is 16.8. The molecule has 1 aromatic rings. The van der Waals surface area contributed by atoms with E-state index in [-0.39, 0.29) is 0 Å². The van der Waals surface area contributed by atoms with Crippen molar-refractivity contribution in [2.45, 2.75) is 25.4 Å². The maximum atomic E-state index is 10.4. The van der Waals surface area contributed by atoms with Crippen molar-refractivity contribution in [1.29, 1.82) is 0 Å². The van der Waals surface area contributed by atoms with E-state index in [1.807, 2.05) is 37.3 Å². The van der Waals surface area contributed by atoms with Crippen LogP contribution >= 0.6 is 0 Å². The SMILES string of the molecule is CC(O)(CCNC1=NCCCN1)c1ccccc1. The summed E-state index contributed by atoms with van der Waals surface area (Å²) in [7, 11) is 0. The van der Waals surface area contributed by atoms with Crippen LogP contribution in [-0.4, -0.2) is 30.7 Å². The summed E-state index contributed by atoms with van der Waals surface area (Å²) < 4.78 is 0. The van der Waals surface area contributed by atoms with Gasteiger partial charge in [-0.1, -0.05) is 30.3 Å². The second kappa shape index (κ2) is 5.87. The summed E-state index contributed by atoms with van der Waals surface area (Å²) in [5.41, 5.74) is 0.147. The number of rotatable bonds is 4. The number of nitrogens with zero attached hydrogens (tertiary/aromatic N) is 1. The standard InChI is InChI=1S/C14H21N3O/c1-14(18,12-6-3-2-4-7-12)8-11-17-13-15-9-5-10-16-13/h2-4,6-7,18H,5,8-11H2,1H3,(H2,15,16,17).